The lowest BCUT2D eigenvalue weighted by Crippen LogP contribution is -2.25. The lowest BCUT2D eigenvalue weighted by Gasteiger charge is -2.11. The molecule has 2 atom stereocenters. The molecular weight excluding hydrogens is 532 g/mol. The SMILES string of the molecule is CC(C)CONC(=O)c1ccc(Nc2ncc(Cl)c(Nc3ccccc3O[P+](=O)O[P+](=O)O)n2)cc1. The predicted octanol–water partition coefficient (Wildman–Crippen LogP) is 5.64. The van der Waals surface area contributed by atoms with Crippen molar-refractivity contribution in [3.63, 3.8) is 0 Å². The lowest BCUT2D eigenvalue weighted by molar-refractivity contribution is 0.0208. The van der Waals surface area contributed by atoms with E-state index in [1.807, 2.05) is 13.8 Å². The topological polar surface area (TPSA) is 161 Å². The van der Waals surface area contributed by atoms with Crippen molar-refractivity contribution < 1.29 is 32.5 Å². The third-order valence-electron chi connectivity index (χ3n) is 4.18. The summed E-state index contributed by atoms with van der Waals surface area (Å²) in [6, 6.07) is 12.9. The number of anilines is 4. The summed E-state index contributed by atoms with van der Waals surface area (Å²) < 4.78 is 31.8. The molecule has 36 heavy (non-hydrogen) atoms. The maximum Gasteiger partial charge on any atom is 0.800 e. The van der Waals surface area contributed by atoms with Crippen LogP contribution in [-0.4, -0.2) is 27.4 Å². The fourth-order valence-corrected chi connectivity index (χ4v) is 3.66. The first-order valence-corrected chi connectivity index (χ1v) is 13.0. The molecule has 0 saturated carbocycles. The molecule has 0 spiro atoms. The van der Waals surface area contributed by atoms with Crippen molar-refractivity contribution in [2.24, 2.45) is 5.92 Å². The van der Waals surface area contributed by atoms with Gasteiger partial charge in [0.25, 0.3) is 5.91 Å². The average Bonchev–Trinajstić information content (AvgIpc) is 2.82. The molecule has 1 amide bonds. The fourth-order valence-electron chi connectivity index (χ4n) is 2.61. The minimum Gasteiger partial charge on any atom is -0.336 e. The molecule has 0 aliphatic rings. The summed E-state index contributed by atoms with van der Waals surface area (Å²) in [6.45, 7) is 4.35. The summed E-state index contributed by atoms with van der Waals surface area (Å²) in [5.41, 5.74) is 3.73. The van der Waals surface area contributed by atoms with E-state index in [2.05, 4.69) is 30.4 Å². The van der Waals surface area contributed by atoms with Gasteiger partial charge in [-0.25, -0.2) is 15.0 Å². The van der Waals surface area contributed by atoms with Crippen LogP contribution in [0.3, 0.4) is 0 Å². The number of hydrogen-bond acceptors (Lipinski definition) is 10. The highest BCUT2D eigenvalue weighted by Crippen LogP contribution is 2.40. The maximum atomic E-state index is 12.1. The quantitative estimate of drug-likeness (QED) is 0.162. The number of hydroxylamine groups is 1. The second kappa shape index (κ2) is 13.2. The van der Waals surface area contributed by atoms with E-state index in [1.165, 1.54) is 12.3 Å². The first-order chi connectivity index (χ1) is 17.2. The molecule has 12 nitrogen and oxygen atoms in total. The van der Waals surface area contributed by atoms with Crippen molar-refractivity contribution in [3.8, 4) is 5.75 Å². The smallest absolute Gasteiger partial charge is 0.336 e. The monoisotopic (exact) mass is 553 g/mol. The number of benzene rings is 2. The maximum absolute atomic E-state index is 12.1. The van der Waals surface area contributed by atoms with Crippen molar-refractivity contribution in [1.82, 2.24) is 15.4 Å². The number of carbonyl (C=O) groups excluding carboxylic acids is 1. The Bertz CT molecular complexity index is 1250. The Morgan fingerprint density at radius 1 is 1.11 bits per heavy atom. The van der Waals surface area contributed by atoms with Crippen molar-refractivity contribution >= 4 is 57.2 Å². The molecule has 2 unspecified atom stereocenters. The van der Waals surface area contributed by atoms with Gasteiger partial charge in [-0.05, 0) is 42.3 Å². The third kappa shape index (κ3) is 8.46. The number of hydrogen-bond donors (Lipinski definition) is 4. The zero-order valence-corrected chi connectivity index (χ0v) is 21.6. The number of para-hydroxylation sites is 2. The molecule has 15 heteroatoms. The van der Waals surface area contributed by atoms with Gasteiger partial charge in [-0.3, -0.25) is 9.63 Å². The second-order valence-electron chi connectivity index (χ2n) is 7.48. The van der Waals surface area contributed by atoms with E-state index in [-0.39, 0.29) is 34.4 Å². The van der Waals surface area contributed by atoms with Crippen LogP contribution in [-0.2, 0) is 18.3 Å². The van der Waals surface area contributed by atoms with Crippen LogP contribution in [0.25, 0.3) is 0 Å². The normalized spacial score (nSPS) is 11.6. The Morgan fingerprint density at radius 2 is 1.83 bits per heavy atom. The number of aromatic nitrogens is 2. The average molecular weight is 554 g/mol. The van der Waals surface area contributed by atoms with Crippen molar-refractivity contribution in [1.29, 1.82) is 0 Å². The first kappa shape index (κ1) is 27.3. The van der Waals surface area contributed by atoms with E-state index in [0.29, 0.717) is 23.5 Å². The van der Waals surface area contributed by atoms with Gasteiger partial charge in [-0.1, -0.05) is 37.6 Å². The molecule has 4 N–H and O–H groups in total. The molecule has 0 aliphatic carbocycles. The number of nitrogens with one attached hydrogen (secondary N) is 3. The van der Waals surface area contributed by atoms with Gasteiger partial charge >= 0.3 is 16.5 Å². The summed E-state index contributed by atoms with van der Waals surface area (Å²) in [7, 11) is -5.98. The summed E-state index contributed by atoms with van der Waals surface area (Å²) in [5.74, 6) is 0.396. The predicted molar refractivity (Wildman–Crippen MR) is 134 cm³/mol. The van der Waals surface area contributed by atoms with Gasteiger partial charge in [0.05, 0.1) is 18.5 Å². The number of amides is 1. The van der Waals surface area contributed by atoms with Crippen molar-refractivity contribution in [2.45, 2.75) is 13.8 Å². The molecular formula is C21H22ClN5O7P2+2. The Balaban J connectivity index is 1.69. The Morgan fingerprint density at radius 3 is 2.53 bits per heavy atom. The van der Waals surface area contributed by atoms with Crippen LogP contribution in [0.2, 0.25) is 5.02 Å². The largest absolute Gasteiger partial charge is 0.800 e. The minimum absolute atomic E-state index is 0.0749. The molecule has 3 rings (SSSR count). The second-order valence-corrected chi connectivity index (χ2v) is 9.65. The molecule has 188 valence electrons. The highest BCUT2D eigenvalue weighted by molar-refractivity contribution is 7.47. The zero-order chi connectivity index (χ0) is 26.1. The van der Waals surface area contributed by atoms with E-state index in [1.54, 1.807) is 42.5 Å². The molecule has 2 aromatic carbocycles. The van der Waals surface area contributed by atoms with Crippen molar-refractivity contribution in [2.75, 3.05) is 17.2 Å². The first-order valence-electron chi connectivity index (χ1n) is 10.4. The van der Waals surface area contributed by atoms with Crippen LogP contribution >= 0.6 is 28.1 Å². The summed E-state index contributed by atoms with van der Waals surface area (Å²) in [5, 5.41) is 6.13. The standard InChI is InChI=1S/C21H20ClN5O7P2/c1-13(2)12-32-27-20(28)14-7-9-15(10-8-14)24-21-23-11-16(22)19(26-21)25-17-5-3-4-6-18(17)33-36(31)34-35(29)30/h3-11,13H,12H2,1-2H3,(H2-2,23,24,25,26,27,28,29,30)/p+2. The van der Waals surface area contributed by atoms with Gasteiger partial charge in [0, 0.05) is 20.4 Å². The van der Waals surface area contributed by atoms with Crippen LogP contribution in [0.5, 0.6) is 5.75 Å². The number of rotatable bonds is 12. The van der Waals surface area contributed by atoms with Crippen LogP contribution in [0.4, 0.5) is 23.1 Å². The Kier molecular flexibility index (Phi) is 10.0. The zero-order valence-electron chi connectivity index (χ0n) is 19.0. The lowest BCUT2D eigenvalue weighted by atomic mass is 10.2. The van der Waals surface area contributed by atoms with E-state index in [0.717, 1.165) is 0 Å². The van der Waals surface area contributed by atoms with E-state index in [4.69, 9.17) is 25.9 Å². The van der Waals surface area contributed by atoms with E-state index < -0.39 is 16.5 Å². The van der Waals surface area contributed by atoms with Gasteiger partial charge in [0.15, 0.2) is 10.1 Å². The molecule has 0 bridgehead atoms. The Labute approximate surface area is 213 Å². The highest BCUT2D eigenvalue weighted by Gasteiger charge is 2.38. The highest BCUT2D eigenvalue weighted by atomic mass is 35.5. The van der Waals surface area contributed by atoms with Gasteiger partial charge in [0.2, 0.25) is 11.7 Å². The molecule has 0 aliphatic heterocycles. The third-order valence-corrected chi connectivity index (χ3v) is 5.89. The van der Waals surface area contributed by atoms with Crippen molar-refractivity contribution in [3.05, 3.63) is 65.3 Å². The van der Waals surface area contributed by atoms with Gasteiger partial charge in [-0.2, -0.15) is 4.98 Å². The molecule has 3 aromatic rings. The fraction of sp³-hybridized carbons (Fsp3) is 0.190. The summed E-state index contributed by atoms with van der Waals surface area (Å²) >= 11 is 6.23. The summed E-state index contributed by atoms with van der Waals surface area (Å²) in [6.07, 6.45) is 1.37. The minimum atomic E-state index is -3.10. The number of halogens is 1. The van der Waals surface area contributed by atoms with Crippen LogP contribution in [0.15, 0.2) is 54.7 Å². The van der Waals surface area contributed by atoms with Crippen LogP contribution < -0.4 is 20.6 Å². The van der Waals surface area contributed by atoms with E-state index in [9.17, 15) is 13.9 Å². The molecule has 1 heterocycles. The van der Waals surface area contributed by atoms with E-state index >= 15 is 0 Å². The summed E-state index contributed by atoms with van der Waals surface area (Å²) in [4.78, 5) is 34.5. The van der Waals surface area contributed by atoms with Crippen LogP contribution in [0.1, 0.15) is 24.2 Å². The number of nitrogens with zero attached hydrogens (tertiary/aromatic N) is 2. The van der Waals surface area contributed by atoms with Gasteiger partial charge < -0.3 is 10.6 Å². The van der Waals surface area contributed by atoms with Gasteiger partial charge in [-0.15, -0.1) is 4.89 Å². The van der Waals surface area contributed by atoms with Crippen LogP contribution in [0, 0.1) is 5.92 Å². The van der Waals surface area contributed by atoms with Gasteiger partial charge in [0.1, 0.15) is 5.02 Å². The molecule has 0 saturated heterocycles. The Hall–Kier alpha value is -3.24. The molecule has 0 radical (unpaired) electrons. The molecule has 0 fully saturated rings. The molecule has 1 aromatic heterocycles. The number of carbonyl (C=O) groups is 1.